The van der Waals surface area contributed by atoms with Crippen molar-refractivity contribution in [2.75, 3.05) is 11.4 Å². The van der Waals surface area contributed by atoms with Crippen LogP contribution in [-0.2, 0) is 13.0 Å². The van der Waals surface area contributed by atoms with E-state index in [1.807, 2.05) is 6.20 Å². The van der Waals surface area contributed by atoms with E-state index in [0.717, 1.165) is 19.5 Å². The van der Waals surface area contributed by atoms with E-state index in [0.29, 0.717) is 6.17 Å². The molecule has 16 heavy (non-hydrogen) atoms. The normalized spacial score (nSPS) is 22.3. The SMILES string of the molecule is CCc1ccc2c(c1)N1C=CNC1CNC2. The van der Waals surface area contributed by atoms with E-state index in [1.165, 1.54) is 16.8 Å². The third kappa shape index (κ3) is 1.48. The minimum absolute atomic E-state index is 0.369. The molecule has 0 aromatic heterocycles. The molecule has 1 aromatic carbocycles. The summed E-state index contributed by atoms with van der Waals surface area (Å²) in [7, 11) is 0. The molecule has 0 fully saturated rings. The Kier molecular flexibility index (Phi) is 2.33. The molecule has 0 saturated heterocycles. The monoisotopic (exact) mass is 215 g/mol. The van der Waals surface area contributed by atoms with Crippen LogP contribution in [0.1, 0.15) is 18.1 Å². The van der Waals surface area contributed by atoms with E-state index in [9.17, 15) is 0 Å². The van der Waals surface area contributed by atoms with Crippen molar-refractivity contribution in [3.63, 3.8) is 0 Å². The van der Waals surface area contributed by atoms with E-state index in [4.69, 9.17) is 0 Å². The van der Waals surface area contributed by atoms with Crippen LogP contribution in [0, 0.1) is 0 Å². The number of nitrogens with zero attached hydrogens (tertiary/aromatic N) is 1. The van der Waals surface area contributed by atoms with Crippen LogP contribution in [0.25, 0.3) is 0 Å². The maximum Gasteiger partial charge on any atom is 0.115 e. The van der Waals surface area contributed by atoms with Gasteiger partial charge in [-0.3, -0.25) is 0 Å². The first kappa shape index (κ1) is 9.73. The van der Waals surface area contributed by atoms with Crippen LogP contribution >= 0.6 is 0 Å². The number of benzene rings is 1. The second-order valence-corrected chi connectivity index (χ2v) is 4.35. The fraction of sp³-hybridized carbons (Fsp3) is 0.385. The summed E-state index contributed by atoms with van der Waals surface area (Å²) in [5.41, 5.74) is 4.13. The zero-order valence-electron chi connectivity index (χ0n) is 9.53. The van der Waals surface area contributed by atoms with Crippen LogP contribution in [0.3, 0.4) is 0 Å². The molecule has 0 bridgehead atoms. The van der Waals surface area contributed by atoms with Gasteiger partial charge in [-0.1, -0.05) is 19.1 Å². The van der Waals surface area contributed by atoms with Crippen LogP contribution < -0.4 is 15.5 Å². The predicted octanol–water partition coefficient (Wildman–Crippen LogP) is 1.56. The topological polar surface area (TPSA) is 27.3 Å². The first-order valence-corrected chi connectivity index (χ1v) is 5.92. The van der Waals surface area contributed by atoms with Gasteiger partial charge in [0.25, 0.3) is 0 Å². The molecule has 3 rings (SSSR count). The van der Waals surface area contributed by atoms with Gasteiger partial charge in [-0.25, -0.2) is 0 Å². The van der Waals surface area contributed by atoms with E-state index in [2.05, 4.69) is 46.9 Å². The predicted molar refractivity (Wildman–Crippen MR) is 66.1 cm³/mol. The van der Waals surface area contributed by atoms with Gasteiger partial charge in [0, 0.05) is 31.2 Å². The van der Waals surface area contributed by atoms with Crippen molar-refractivity contribution in [3.05, 3.63) is 41.7 Å². The van der Waals surface area contributed by atoms with Crippen LogP contribution in [-0.4, -0.2) is 12.7 Å². The first-order chi connectivity index (χ1) is 7.88. The summed E-state index contributed by atoms with van der Waals surface area (Å²) in [6.07, 6.45) is 5.63. The molecule has 0 radical (unpaired) electrons. The molecule has 3 nitrogen and oxygen atoms in total. The molecule has 0 spiro atoms. The third-order valence-electron chi connectivity index (χ3n) is 3.35. The van der Waals surface area contributed by atoms with Gasteiger partial charge in [0.1, 0.15) is 6.17 Å². The van der Waals surface area contributed by atoms with Gasteiger partial charge in [-0.05, 0) is 23.6 Å². The highest BCUT2D eigenvalue weighted by Crippen LogP contribution is 2.27. The highest BCUT2D eigenvalue weighted by Gasteiger charge is 2.24. The summed E-state index contributed by atoms with van der Waals surface area (Å²) < 4.78 is 0. The Morgan fingerprint density at radius 2 is 2.38 bits per heavy atom. The molecule has 0 aliphatic carbocycles. The second-order valence-electron chi connectivity index (χ2n) is 4.35. The van der Waals surface area contributed by atoms with E-state index < -0.39 is 0 Å². The molecule has 2 aliphatic heterocycles. The number of fused-ring (bicyclic) bond motifs is 3. The molecular weight excluding hydrogens is 198 g/mol. The number of rotatable bonds is 1. The Morgan fingerprint density at radius 1 is 1.44 bits per heavy atom. The van der Waals surface area contributed by atoms with Gasteiger partial charge < -0.3 is 15.5 Å². The number of hydrogen-bond acceptors (Lipinski definition) is 3. The maximum absolute atomic E-state index is 3.47. The van der Waals surface area contributed by atoms with Crippen LogP contribution in [0.2, 0.25) is 0 Å². The lowest BCUT2D eigenvalue weighted by Gasteiger charge is -2.24. The van der Waals surface area contributed by atoms with Crippen molar-refractivity contribution in [1.29, 1.82) is 0 Å². The summed E-state index contributed by atoms with van der Waals surface area (Å²) in [6, 6.07) is 6.79. The fourth-order valence-corrected chi connectivity index (χ4v) is 2.39. The van der Waals surface area contributed by atoms with Gasteiger partial charge in [0.15, 0.2) is 0 Å². The Bertz CT molecular complexity index is 425. The molecular formula is C13H17N3. The van der Waals surface area contributed by atoms with Crippen molar-refractivity contribution >= 4 is 5.69 Å². The van der Waals surface area contributed by atoms with Gasteiger partial charge in [0.05, 0.1) is 0 Å². The second kappa shape index (κ2) is 3.83. The Morgan fingerprint density at radius 3 is 3.25 bits per heavy atom. The highest BCUT2D eigenvalue weighted by atomic mass is 15.3. The van der Waals surface area contributed by atoms with E-state index >= 15 is 0 Å². The van der Waals surface area contributed by atoms with Crippen molar-refractivity contribution in [1.82, 2.24) is 10.6 Å². The highest BCUT2D eigenvalue weighted by molar-refractivity contribution is 5.60. The standard InChI is InChI=1S/C13H17N3/c1-2-10-3-4-11-8-14-9-13-15-5-6-16(13)12(11)7-10/h3-7,13-15H,2,8-9H2,1H3. The average molecular weight is 215 g/mol. The lowest BCUT2D eigenvalue weighted by atomic mass is 10.1. The van der Waals surface area contributed by atoms with Crippen molar-refractivity contribution < 1.29 is 0 Å². The number of nitrogens with one attached hydrogen (secondary N) is 2. The zero-order valence-corrected chi connectivity index (χ0v) is 9.53. The van der Waals surface area contributed by atoms with E-state index in [-0.39, 0.29) is 0 Å². The first-order valence-electron chi connectivity index (χ1n) is 5.92. The average Bonchev–Trinajstić information content (AvgIpc) is 2.71. The molecule has 2 N–H and O–H groups in total. The third-order valence-corrected chi connectivity index (χ3v) is 3.35. The largest absolute Gasteiger partial charge is 0.369 e. The molecule has 1 unspecified atom stereocenters. The molecule has 1 aromatic rings. The minimum atomic E-state index is 0.369. The molecule has 0 amide bonds. The Labute approximate surface area is 96.1 Å². The quantitative estimate of drug-likeness (QED) is 0.744. The molecule has 2 aliphatic rings. The van der Waals surface area contributed by atoms with Crippen molar-refractivity contribution in [3.8, 4) is 0 Å². The fourth-order valence-electron chi connectivity index (χ4n) is 2.39. The smallest absolute Gasteiger partial charge is 0.115 e. The molecule has 0 saturated carbocycles. The summed E-state index contributed by atoms with van der Waals surface area (Å²) in [6.45, 7) is 4.14. The molecule has 2 heterocycles. The van der Waals surface area contributed by atoms with E-state index in [1.54, 1.807) is 0 Å². The lowest BCUT2D eigenvalue weighted by Crippen LogP contribution is -2.41. The van der Waals surface area contributed by atoms with Crippen molar-refractivity contribution in [2.24, 2.45) is 0 Å². The molecule has 84 valence electrons. The number of aryl methyl sites for hydroxylation is 1. The zero-order chi connectivity index (χ0) is 11.0. The van der Waals surface area contributed by atoms with Crippen molar-refractivity contribution in [2.45, 2.75) is 26.1 Å². The van der Waals surface area contributed by atoms with Gasteiger partial charge in [0.2, 0.25) is 0 Å². The summed E-state index contributed by atoms with van der Waals surface area (Å²) in [5.74, 6) is 0. The number of hydrogen-bond donors (Lipinski definition) is 2. The summed E-state index contributed by atoms with van der Waals surface area (Å²) in [5, 5.41) is 6.83. The number of anilines is 1. The minimum Gasteiger partial charge on any atom is -0.369 e. The maximum atomic E-state index is 3.47. The summed E-state index contributed by atoms with van der Waals surface area (Å²) >= 11 is 0. The lowest BCUT2D eigenvalue weighted by molar-refractivity contribution is 0.564. The molecule has 3 heteroatoms. The Hall–Kier alpha value is -1.48. The van der Waals surface area contributed by atoms with Crippen LogP contribution in [0.5, 0.6) is 0 Å². The van der Waals surface area contributed by atoms with Crippen LogP contribution in [0.15, 0.2) is 30.6 Å². The van der Waals surface area contributed by atoms with Gasteiger partial charge >= 0.3 is 0 Å². The summed E-state index contributed by atoms with van der Waals surface area (Å²) in [4.78, 5) is 2.33. The van der Waals surface area contributed by atoms with Crippen LogP contribution in [0.4, 0.5) is 5.69 Å². The molecule has 1 atom stereocenters. The van der Waals surface area contributed by atoms with Gasteiger partial charge in [-0.15, -0.1) is 0 Å². The van der Waals surface area contributed by atoms with Gasteiger partial charge in [-0.2, -0.15) is 0 Å². The Balaban J connectivity index is 2.06.